The average Bonchev–Trinajstić information content (AvgIpc) is 3.19. The Kier molecular flexibility index (Phi) is 4.11. The second-order valence-electron chi connectivity index (χ2n) is 4.80. The zero-order chi connectivity index (χ0) is 14.5. The Bertz CT molecular complexity index is 593. The lowest BCUT2D eigenvalue weighted by atomic mass is 10.2. The molecule has 0 bridgehead atoms. The molecule has 7 nitrogen and oxygen atoms in total. The topological polar surface area (TPSA) is 81.1 Å². The van der Waals surface area contributed by atoms with Crippen LogP contribution in [0.2, 0.25) is 0 Å². The van der Waals surface area contributed by atoms with Crippen molar-refractivity contribution in [1.82, 2.24) is 20.1 Å². The summed E-state index contributed by atoms with van der Waals surface area (Å²) in [4.78, 5) is 16.2. The molecule has 0 saturated carbocycles. The molecule has 21 heavy (non-hydrogen) atoms. The molecule has 7 heteroatoms. The van der Waals surface area contributed by atoms with E-state index in [9.17, 15) is 4.79 Å². The van der Waals surface area contributed by atoms with E-state index in [1.54, 1.807) is 41.5 Å². The van der Waals surface area contributed by atoms with Gasteiger partial charge in [0.25, 0.3) is 0 Å². The summed E-state index contributed by atoms with van der Waals surface area (Å²) in [7, 11) is 0. The molecule has 1 aliphatic heterocycles. The van der Waals surface area contributed by atoms with Crippen molar-refractivity contribution in [3.05, 3.63) is 36.8 Å². The number of nitrogens with one attached hydrogen (secondary N) is 2. The molecule has 1 atom stereocenters. The summed E-state index contributed by atoms with van der Waals surface area (Å²) in [5, 5.41) is 9.73. The Balaban J connectivity index is 1.63. The summed E-state index contributed by atoms with van der Waals surface area (Å²) >= 11 is 0. The molecule has 0 aromatic carbocycles. The second kappa shape index (κ2) is 6.36. The predicted molar refractivity (Wildman–Crippen MR) is 77.4 cm³/mol. The van der Waals surface area contributed by atoms with Crippen molar-refractivity contribution in [2.24, 2.45) is 0 Å². The summed E-state index contributed by atoms with van der Waals surface area (Å²) in [6.45, 7) is 1.29. The van der Waals surface area contributed by atoms with Crippen LogP contribution < -0.4 is 10.6 Å². The molecule has 2 aromatic rings. The summed E-state index contributed by atoms with van der Waals surface area (Å²) in [6, 6.07) is 5.08. The predicted octanol–water partition coefficient (Wildman–Crippen LogP) is 1.57. The Morgan fingerprint density at radius 3 is 3.14 bits per heavy atom. The fourth-order valence-corrected chi connectivity index (χ4v) is 2.25. The second-order valence-corrected chi connectivity index (χ2v) is 4.80. The van der Waals surface area contributed by atoms with Gasteiger partial charge in [-0.15, -0.1) is 0 Å². The van der Waals surface area contributed by atoms with Gasteiger partial charge in [0.1, 0.15) is 0 Å². The SMILES string of the molecule is O=C(NC[C@@H]1CCCO1)Nc1cccnc1-n1cccn1. The first-order chi connectivity index (χ1) is 10.3. The molecule has 0 radical (unpaired) electrons. The molecule has 3 heterocycles. The lowest BCUT2D eigenvalue weighted by Crippen LogP contribution is -2.35. The number of urea groups is 1. The van der Waals surface area contributed by atoms with Crippen molar-refractivity contribution in [2.45, 2.75) is 18.9 Å². The van der Waals surface area contributed by atoms with E-state index in [4.69, 9.17) is 4.74 Å². The van der Waals surface area contributed by atoms with Gasteiger partial charge in [-0.05, 0) is 31.0 Å². The highest BCUT2D eigenvalue weighted by atomic mass is 16.5. The minimum atomic E-state index is -0.271. The third kappa shape index (κ3) is 3.38. The smallest absolute Gasteiger partial charge is 0.319 e. The number of ether oxygens (including phenoxy) is 1. The van der Waals surface area contributed by atoms with Gasteiger partial charge in [-0.3, -0.25) is 0 Å². The van der Waals surface area contributed by atoms with Crippen LogP contribution in [0.3, 0.4) is 0 Å². The van der Waals surface area contributed by atoms with Crippen LogP contribution in [-0.2, 0) is 4.74 Å². The van der Waals surface area contributed by atoms with Gasteiger partial charge in [0.05, 0.1) is 11.8 Å². The number of carbonyl (C=O) groups excluding carboxylic acids is 1. The molecule has 2 N–H and O–H groups in total. The number of rotatable bonds is 4. The van der Waals surface area contributed by atoms with Crippen LogP contribution in [0.15, 0.2) is 36.8 Å². The van der Waals surface area contributed by atoms with Crippen LogP contribution in [0.5, 0.6) is 0 Å². The third-order valence-electron chi connectivity index (χ3n) is 3.27. The number of anilines is 1. The van der Waals surface area contributed by atoms with Crippen molar-refractivity contribution in [2.75, 3.05) is 18.5 Å². The van der Waals surface area contributed by atoms with Crippen molar-refractivity contribution in [1.29, 1.82) is 0 Å². The Hall–Kier alpha value is -2.41. The van der Waals surface area contributed by atoms with Crippen molar-refractivity contribution in [3.63, 3.8) is 0 Å². The van der Waals surface area contributed by atoms with E-state index in [-0.39, 0.29) is 12.1 Å². The third-order valence-corrected chi connectivity index (χ3v) is 3.27. The van der Waals surface area contributed by atoms with E-state index >= 15 is 0 Å². The van der Waals surface area contributed by atoms with Gasteiger partial charge in [-0.2, -0.15) is 5.10 Å². The molecule has 3 rings (SSSR count). The maximum absolute atomic E-state index is 12.0. The fourth-order valence-electron chi connectivity index (χ4n) is 2.25. The standard InChI is InChI=1S/C14H17N5O2/c20-14(16-10-11-4-2-9-21-11)18-12-5-1-6-15-13(12)19-8-3-7-17-19/h1,3,5-8,11H,2,4,9-10H2,(H2,16,18,20)/t11-/m0/s1. The average molecular weight is 287 g/mol. The summed E-state index contributed by atoms with van der Waals surface area (Å²) in [5.74, 6) is 0.578. The van der Waals surface area contributed by atoms with Gasteiger partial charge in [-0.1, -0.05) is 0 Å². The molecule has 0 spiro atoms. The Labute approximate surface area is 122 Å². The van der Waals surface area contributed by atoms with E-state index in [0.717, 1.165) is 19.4 Å². The minimum absolute atomic E-state index is 0.121. The van der Waals surface area contributed by atoms with E-state index in [0.29, 0.717) is 18.1 Å². The first-order valence-corrected chi connectivity index (χ1v) is 6.94. The van der Waals surface area contributed by atoms with Crippen molar-refractivity contribution < 1.29 is 9.53 Å². The first kappa shape index (κ1) is 13.6. The number of aromatic nitrogens is 3. The van der Waals surface area contributed by atoms with Gasteiger partial charge in [0.15, 0.2) is 5.82 Å². The van der Waals surface area contributed by atoms with Crippen molar-refractivity contribution in [3.8, 4) is 5.82 Å². The number of amides is 2. The van der Waals surface area contributed by atoms with Crippen molar-refractivity contribution >= 4 is 11.7 Å². The molecular formula is C14H17N5O2. The van der Waals surface area contributed by atoms with E-state index in [2.05, 4.69) is 20.7 Å². The molecule has 2 aromatic heterocycles. The highest BCUT2D eigenvalue weighted by Gasteiger charge is 2.16. The highest BCUT2D eigenvalue weighted by Crippen LogP contribution is 2.16. The monoisotopic (exact) mass is 287 g/mol. The number of hydrogen-bond acceptors (Lipinski definition) is 4. The summed E-state index contributed by atoms with van der Waals surface area (Å²) in [5.41, 5.74) is 0.603. The van der Waals surface area contributed by atoms with Crippen LogP contribution in [0.25, 0.3) is 5.82 Å². The van der Waals surface area contributed by atoms with E-state index in [1.807, 2.05) is 0 Å². The van der Waals surface area contributed by atoms with Gasteiger partial charge in [-0.25, -0.2) is 14.5 Å². The molecule has 2 amide bonds. The Morgan fingerprint density at radius 2 is 2.38 bits per heavy atom. The summed E-state index contributed by atoms with van der Waals surface area (Å²) in [6.07, 6.45) is 7.27. The van der Waals surface area contributed by atoms with Crippen LogP contribution in [0.1, 0.15) is 12.8 Å². The molecule has 1 aliphatic rings. The van der Waals surface area contributed by atoms with Gasteiger partial charge < -0.3 is 15.4 Å². The van der Waals surface area contributed by atoms with Crippen LogP contribution in [-0.4, -0.2) is 40.1 Å². The molecule has 1 saturated heterocycles. The zero-order valence-corrected chi connectivity index (χ0v) is 11.5. The lowest BCUT2D eigenvalue weighted by Gasteiger charge is -2.13. The summed E-state index contributed by atoms with van der Waals surface area (Å²) < 4.78 is 7.07. The number of nitrogens with zero attached hydrogens (tertiary/aromatic N) is 3. The highest BCUT2D eigenvalue weighted by molar-refractivity contribution is 5.90. The Morgan fingerprint density at radius 1 is 1.43 bits per heavy atom. The molecule has 0 unspecified atom stereocenters. The molecule has 110 valence electrons. The lowest BCUT2D eigenvalue weighted by molar-refractivity contribution is 0.112. The fraction of sp³-hybridized carbons (Fsp3) is 0.357. The van der Waals surface area contributed by atoms with Gasteiger partial charge >= 0.3 is 6.03 Å². The van der Waals surface area contributed by atoms with Crippen LogP contribution in [0.4, 0.5) is 10.5 Å². The zero-order valence-electron chi connectivity index (χ0n) is 11.5. The maximum Gasteiger partial charge on any atom is 0.319 e. The quantitative estimate of drug-likeness (QED) is 0.894. The van der Waals surface area contributed by atoms with Crippen LogP contribution >= 0.6 is 0 Å². The minimum Gasteiger partial charge on any atom is -0.376 e. The maximum atomic E-state index is 12.0. The number of pyridine rings is 1. The molecule has 0 aliphatic carbocycles. The number of carbonyl (C=O) groups is 1. The largest absolute Gasteiger partial charge is 0.376 e. The van der Waals surface area contributed by atoms with E-state index < -0.39 is 0 Å². The molecular weight excluding hydrogens is 270 g/mol. The van der Waals surface area contributed by atoms with E-state index in [1.165, 1.54) is 0 Å². The number of hydrogen-bond donors (Lipinski definition) is 2. The van der Waals surface area contributed by atoms with Crippen LogP contribution in [0, 0.1) is 0 Å². The first-order valence-electron chi connectivity index (χ1n) is 6.94. The van der Waals surface area contributed by atoms with Gasteiger partial charge in [0.2, 0.25) is 0 Å². The normalized spacial score (nSPS) is 17.6. The van der Waals surface area contributed by atoms with Gasteiger partial charge in [0, 0.05) is 31.7 Å². The molecule has 1 fully saturated rings.